The molecular formula is C18H25N3. The molecule has 21 heavy (non-hydrogen) atoms. The van der Waals surface area contributed by atoms with Gasteiger partial charge in [0.1, 0.15) is 0 Å². The number of benzene rings is 1. The van der Waals surface area contributed by atoms with Crippen molar-refractivity contribution in [2.75, 3.05) is 6.54 Å². The van der Waals surface area contributed by atoms with E-state index in [1.54, 1.807) is 0 Å². The normalized spacial score (nSPS) is 17.7. The lowest BCUT2D eigenvalue weighted by molar-refractivity contribution is 0.505. The second kappa shape index (κ2) is 6.44. The lowest BCUT2D eigenvalue weighted by atomic mass is 9.82. The van der Waals surface area contributed by atoms with Gasteiger partial charge in [0.2, 0.25) is 0 Å². The van der Waals surface area contributed by atoms with Crippen molar-refractivity contribution in [3.63, 3.8) is 0 Å². The predicted octanol–water partition coefficient (Wildman–Crippen LogP) is 3.26. The molecular weight excluding hydrogens is 258 g/mol. The molecule has 0 aliphatic heterocycles. The van der Waals surface area contributed by atoms with Crippen LogP contribution in [0.3, 0.4) is 0 Å². The van der Waals surface area contributed by atoms with E-state index >= 15 is 0 Å². The molecule has 2 aromatic rings. The number of rotatable bonds is 5. The molecule has 2 N–H and O–H groups in total. The fourth-order valence-corrected chi connectivity index (χ4v) is 3.60. The van der Waals surface area contributed by atoms with Crippen molar-refractivity contribution in [3.05, 3.63) is 52.8 Å². The number of aryl methyl sites for hydroxylation is 1. The first-order valence-electron chi connectivity index (χ1n) is 8.16. The predicted molar refractivity (Wildman–Crippen MR) is 86.5 cm³/mol. The smallest absolute Gasteiger partial charge is 0.0662 e. The highest BCUT2D eigenvalue weighted by Crippen LogP contribution is 2.36. The van der Waals surface area contributed by atoms with Crippen LogP contribution in [-0.4, -0.2) is 16.3 Å². The number of aromatic nitrogens is 2. The van der Waals surface area contributed by atoms with Gasteiger partial charge in [0.25, 0.3) is 0 Å². The SMILES string of the molecule is CCc1nn(Cc2ccccc2)c2c1C(CCN)CCC2. The first-order chi connectivity index (χ1) is 10.3. The minimum Gasteiger partial charge on any atom is -0.330 e. The second-order valence-corrected chi connectivity index (χ2v) is 5.97. The Bertz CT molecular complexity index is 586. The molecule has 1 heterocycles. The van der Waals surface area contributed by atoms with Crippen LogP contribution < -0.4 is 5.73 Å². The molecule has 1 unspecified atom stereocenters. The highest BCUT2D eigenvalue weighted by atomic mass is 15.3. The monoisotopic (exact) mass is 283 g/mol. The van der Waals surface area contributed by atoms with Crippen LogP contribution in [0.5, 0.6) is 0 Å². The van der Waals surface area contributed by atoms with Crippen molar-refractivity contribution >= 4 is 0 Å². The molecule has 3 rings (SSSR count). The van der Waals surface area contributed by atoms with Gasteiger partial charge in [-0.05, 0) is 55.7 Å². The number of nitrogens with zero attached hydrogens (tertiary/aromatic N) is 2. The van der Waals surface area contributed by atoms with E-state index in [4.69, 9.17) is 10.8 Å². The van der Waals surface area contributed by atoms with E-state index in [2.05, 4.69) is 41.9 Å². The molecule has 1 aliphatic rings. The van der Waals surface area contributed by atoms with Gasteiger partial charge in [0.15, 0.2) is 0 Å². The fourth-order valence-electron chi connectivity index (χ4n) is 3.60. The van der Waals surface area contributed by atoms with Gasteiger partial charge in [-0.15, -0.1) is 0 Å². The highest BCUT2D eigenvalue weighted by molar-refractivity contribution is 5.33. The van der Waals surface area contributed by atoms with Crippen LogP contribution in [0, 0.1) is 0 Å². The molecule has 1 aromatic heterocycles. The molecule has 0 fully saturated rings. The summed E-state index contributed by atoms with van der Waals surface area (Å²) < 4.78 is 2.24. The number of fused-ring (bicyclic) bond motifs is 1. The van der Waals surface area contributed by atoms with Gasteiger partial charge in [-0.1, -0.05) is 37.3 Å². The third-order valence-corrected chi connectivity index (χ3v) is 4.57. The maximum Gasteiger partial charge on any atom is 0.0662 e. The van der Waals surface area contributed by atoms with Gasteiger partial charge >= 0.3 is 0 Å². The van der Waals surface area contributed by atoms with Crippen molar-refractivity contribution in [3.8, 4) is 0 Å². The van der Waals surface area contributed by atoms with Gasteiger partial charge in [-0.25, -0.2) is 0 Å². The molecule has 0 saturated carbocycles. The molecule has 1 atom stereocenters. The van der Waals surface area contributed by atoms with Crippen LogP contribution >= 0.6 is 0 Å². The Balaban J connectivity index is 1.95. The summed E-state index contributed by atoms with van der Waals surface area (Å²) in [5, 5.41) is 4.91. The maximum absolute atomic E-state index is 5.81. The number of hydrogen-bond acceptors (Lipinski definition) is 2. The van der Waals surface area contributed by atoms with Crippen LogP contribution in [0.1, 0.15) is 54.6 Å². The Morgan fingerprint density at radius 1 is 1.29 bits per heavy atom. The van der Waals surface area contributed by atoms with Crippen molar-refractivity contribution in [1.82, 2.24) is 9.78 Å². The molecule has 0 spiro atoms. The first kappa shape index (κ1) is 14.3. The fraction of sp³-hybridized carbons (Fsp3) is 0.500. The van der Waals surface area contributed by atoms with E-state index in [-0.39, 0.29) is 0 Å². The van der Waals surface area contributed by atoms with Crippen LogP contribution in [-0.2, 0) is 19.4 Å². The van der Waals surface area contributed by atoms with Crippen LogP contribution in [0.25, 0.3) is 0 Å². The van der Waals surface area contributed by atoms with Crippen LogP contribution in [0.4, 0.5) is 0 Å². The summed E-state index contributed by atoms with van der Waals surface area (Å²) in [4.78, 5) is 0. The summed E-state index contributed by atoms with van der Waals surface area (Å²) in [6.45, 7) is 3.87. The molecule has 0 radical (unpaired) electrons. The van der Waals surface area contributed by atoms with Crippen molar-refractivity contribution in [1.29, 1.82) is 0 Å². The summed E-state index contributed by atoms with van der Waals surface area (Å²) in [5.74, 6) is 0.623. The number of hydrogen-bond donors (Lipinski definition) is 1. The molecule has 0 bridgehead atoms. The van der Waals surface area contributed by atoms with Gasteiger partial charge in [0.05, 0.1) is 12.2 Å². The zero-order valence-electron chi connectivity index (χ0n) is 12.9. The van der Waals surface area contributed by atoms with E-state index in [1.807, 2.05) is 0 Å². The van der Waals surface area contributed by atoms with Crippen molar-refractivity contribution in [2.24, 2.45) is 5.73 Å². The summed E-state index contributed by atoms with van der Waals surface area (Å²) in [6, 6.07) is 10.6. The first-order valence-corrected chi connectivity index (χ1v) is 8.16. The zero-order chi connectivity index (χ0) is 14.7. The molecule has 112 valence electrons. The molecule has 3 nitrogen and oxygen atoms in total. The lowest BCUT2D eigenvalue weighted by Gasteiger charge is -2.23. The average Bonchev–Trinajstić information content (AvgIpc) is 2.88. The van der Waals surface area contributed by atoms with Crippen molar-refractivity contribution < 1.29 is 0 Å². The highest BCUT2D eigenvalue weighted by Gasteiger charge is 2.27. The summed E-state index contributed by atoms with van der Waals surface area (Å²) in [6.07, 6.45) is 5.81. The largest absolute Gasteiger partial charge is 0.330 e. The van der Waals surface area contributed by atoms with Crippen molar-refractivity contribution in [2.45, 2.75) is 51.5 Å². The third kappa shape index (κ3) is 2.88. The molecule has 1 aliphatic carbocycles. The van der Waals surface area contributed by atoms with Gasteiger partial charge in [-0.3, -0.25) is 4.68 Å². The van der Waals surface area contributed by atoms with Crippen LogP contribution in [0.2, 0.25) is 0 Å². The minimum atomic E-state index is 0.623. The van der Waals surface area contributed by atoms with E-state index < -0.39 is 0 Å². The topological polar surface area (TPSA) is 43.8 Å². The zero-order valence-corrected chi connectivity index (χ0v) is 12.9. The van der Waals surface area contributed by atoms with E-state index in [0.717, 1.165) is 32.4 Å². The summed E-state index contributed by atoms with van der Waals surface area (Å²) in [5.41, 5.74) is 11.4. The molecule has 0 saturated heterocycles. The summed E-state index contributed by atoms with van der Waals surface area (Å²) >= 11 is 0. The van der Waals surface area contributed by atoms with Crippen LogP contribution in [0.15, 0.2) is 30.3 Å². The Morgan fingerprint density at radius 2 is 2.10 bits per heavy atom. The molecule has 0 amide bonds. The number of nitrogens with two attached hydrogens (primary N) is 1. The lowest BCUT2D eigenvalue weighted by Crippen LogP contribution is -2.16. The van der Waals surface area contributed by atoms with E-state index in [9.17, 15) is 0 Å². The van der Waals surface area contributed by atoms with Gasteiger partial charge in [-0.2, -0.15) is 5.10 Å². The second-order valence-electron chi connectivity index (χ2n) is 5.97. The summed E-state index contributed by atoms with van der Waals surface area (Å²) in [7, 11) is 0. The molecule has 3 heteroatoms. The van der Waals surface area contributed by atoms with Gasteiger partial charge in [0, 0.05) is 5.69 Å². The Labute approximate surface area is 127 Å². The molecule has 1 aromatic carbocycles. The Morgan fingerprint density at radius 3 is 2.81 bits per heavy atom. The third-order valence-electron chi connectivity index (χ3n) is 4.57. The van der Waals surface area contributed by atoms with E-state index in [0.29, 0.717) is 5.92 Å². The minimum absolute atomic E-state index is 0.623. The van der Waals surface area contributed by atoms with Gasteiger partial charge < -0.3 is 5.73 Å². The average molecular weight is 283 g/mol. The Hall–Kier alpha value is -1.61. The maximum atomic E-state index is 5.81. The standard InChI is InChI=1S/C18H25N3/c1-2-16-18-15(11-12-19)9-6-10-17(18)21(20-16)13-14-7-4-3-5-8-14/h3-5,7-8,15H,2,6,9-13,19H2,1H3. The Kier molecular flexibility index (Phi) is 4.39. The quantitative estimate of drug-likeness (QED) is 0.915. The van der Waals surface area contributed by atoms with E-state index in [1.165, 1.54) is 35.4 Å².